The zero-order valence-electron chi connectivity index (χ0n) is 13.5. The van der Waals surface area contributed by atoms with Crippen molar-refractivity contribution < 1.29 is 61.1 Å². The predicted molar refractivity (Wildman–Crippen MR) is 90.4 cm³/mol. The summed E-state index contributed by atoms with van der Waals surface area (Å²) in [4.78, 5) is 21.6. The Morgan fingerprint density at radius 2 is 0.913 bits per heavy atom. The molecular formula is C8H23O9P3S2Zn. The second-order valence-corrected chi connectivity index (χ2v) is 10.3. The van der Waals surface area contributed by atoms with Gasteiger partial charge in [-0.2, -0.15) is 0 Å². The molecule has 0 aliphatic heterocycles. The summed E-state index contributed by atoms with van der Waals surface area (Å²) in [5.41, 5.74) is 0. The molecule has 0 aliphatic rings. The van der Waals surface area contributed by atoms with E-state index in [-0.39, 0.29) is 19.5 Å². The third-order valence-corrected chi connectivity index (χ3v) is 7.71. The average molecular weight is 486 g/mol. The van der Waals surface area contributed by atoms with E-state index in [0.29, 0.717) is 26.4 Å². The van der Waals surface area contributed by atoms with Crippen LogP contribution in [0.5, 0.6) is 0 Å². The van der Waals surface area contributed by atoms with E-state index in [2.05, 4.69) is 0 Å². The molecule has 0 aromatic heterocycles. The van der Waals surface area contributed by atoms with E-state index in [9.17, 15) is 0 Å². The zero-order valence-corrected chi connectivity index (χ0v) is 20.8. The Labute approximate surface area is 159 Å². The first-order chi connectivity index (χ1) is 9.95. The second-order valence-electron chi connectivity index (χ2n) is 3.16. The maximum atomic E-state index is 8.88. The maximum Gasteiger partial charge on any atom is 0.466 e. The molecule has 0 aromatic carbocycles. The fourth-order valence-electron chi connectivity index (χ4n) is 0.924. The van der Waals surface area contributed by atoms with Gasteiger partial charge in [0.05, 0.1) is 26.4 Å². The second kappa shape index (κ2) is 14.9. The van der Waals surface area contributed by atoms with Crippen LogP contribution >= 0.6 is 21.3 Å². The van der Waals surface area contributed by atoms with Crippen molar-refractivity contribution in [3.05, 3.63) is 0 Å². The van der Waals surface area contributed by atoms with Crippen molar-refractivity contribution in [1.29, 1.82) is 0 Å². The van der Waals surface area contributed by atoms with Gasteiger partial charge in [0.2, 0.25) is 0 Å². The molecule has 9 nitrogen and oxygen atoms in total. The van der Waals surface area contributed by atoms with E-state index in [4.69, 9.17) is 65.3 Å². The quantitative estimate of drug-likeness (QED) is 0.312. The van der Waals surface area contributed by atoms with Crippen molar-refractivity contribution in [3.63, 3.8) is 0 Å². The Kier molecular flexibility index (Phi) is 19.2. The molecule has 138 valence electrons. The summed E-state index contributed by atoms with van der Waals surface area (Å²) in [6, 6.07) is 0. The molecule has 0 rings (SSSR count). The Hall–Kier alpha value is 1.83. The third kappa shape index (κ3) is 20.0. The van der Waals surface area contributed by atoms with E-state index in [1.165, 1.54) is 0 Å². The molecule has 0 fully saturated rings. The van der Waals surface area contributed by atoms with E-state index in [1.54, 1.807) is 0 Å². The fraction of sp³-hybridized carbons (Fsp3) is 1.00. The summed E-state index contributed by atoms with van der Waals surface area (Å²) in [6.07, 6.45) is 0. The first-order valence-corrected chi connectivity index (χ1v) is 12.9. The number of hydrogen-bond donors (Lipinski definition) is 3. The van der Waals surface area contributed by atoms with Gasteiger partial charge in [0.25, 0.3) is 0 Å². The van der Waals surface area contributed by atoms with Crippen molar-refractivity contribution in [1.82, 2.24) is 0 Å². The number of rotatable bonds is 10. The summed E-state index contributed by atoms with van der Waals surface area (Å²) < 4.78 is 35.8. The summed E-state index contributed by atoms with van der Waals surface area (Å²) in [5.74, 6) is 0. The molecule has 0 aliphatic carbocycles. The molecule has 0 saturated heterocycles. The molecule has 0 aromatic rings. The molecule has 0 spiro atoms. The molecular weight excluding hydrogens is 463 g/mol. The molecule has 23 heavy (non-hydrogen) atoms. The average Bonchev–Trinajstić information content (AvgIpc) is 2.26. The first-order valence-electron chi connectivity index (χ1n) is 6.23. The van der Waals surface area contributed by atoms with Crippen molar-refractivity contribution in [3.8, 4) is 0 Å². The fourth-order valence-corrected chi connectivity index (χ4v) is 7.30. The van der Waals surface area contributed by atoms with Crippen LogP contribution in [0.25, 0.3) is 0 Å². The topological polar surface area (TPSA) is 124 Å². The Bertz CT molecular complexity index is 377. The van der Waals surface area contributed by atoms with Crippen molar-refractivity contribution in [2.45, 2.75) is 27.7 Å². The SMILES string of the molecule is CCOP(=S)(OCC)OP(=S)(OCC)OCC.O=P(O)(O)O.[Zn]. The molecule has 3 N–H and O–H groups in total. The minimum atomic E-state index is -4.64. The van der Waals surface area contributed by atoms with Crippen molar-refractivity contribution in [2.75, 3.05) is 26.4 Å². The molecule has 0 unspecified atom stereocenters. The van der Waals surface area contributed by atoms with Gasteiger partial charge in [-0.1, -0.05) is 0 Å². The smallest absolute Gasteiger partial charge is 0.309 e. The van der Waals surface area contributed by atoms with E-state index < -0.39 is 21.3 Å². The zero-order chi connectivity index (χ0) is 17.9. The standard InChI is InChI=1S/C8H20O5P2S2.H3O4P.Zn/c1-5-9-14(16,10-6-2)13-15(17,11-7-3)12-8-4;1-5(2,3)4;/h5-8H2,1-4H3;(H3,1,2,3,4);. The van der Waals surface area contributed by atoms with Crippen molar-refractivity contribution in [2.24, 2.45) is 0 Å². The van der Waals surface area contributed by atoms with Gasteiger partial charge in [0, 0.05) is 19.5 Å². The van der Waals surface area contributed by atoms with E-state index in [1.807, 2.05) is 27.7 Å². The van der Waals surface area contributed by atoms with Gasteiger partial charge in [0.1, 0.15) is 0 Å². The Morgan fingerprint density at radius 1 is 0.739 bits per heavy atom. The van der Waals surface area contributed by atoms with Crippen LogP contribution in [0.3, 0.4) is 0 Å². The Morgan fingerprint density at radius 3 is 1.04 bits per heavy atom. The molecule has 0 saturated carbocycles. The molecule has 0 radical (unpaired) electrons. The molecule has 0 heterocycles. The van der Waals surface area contributed by atoms with Crippen LogP contribution in [0.15, 0.2) is 0 Å². The predicted octanol–water partition coefficient (Wildman–Crippen LogP) is 2.67. The van der Waals surface area contributed by atoms with Gasteiger partial charge in [0.15, 0.2) is 0 Å². The van der Waals surface area contributed by atoms with Gasteiger partial charge >= 0.3 is 21.3 Å². The summed E-state index contributed by atoms with van der Waals surface area (Å²) in [6.45, 7) is 3.09. The largest absolute Gasteiger partial charge is 0.466 e. The van der Waals surface area contributed by atoms with Crippen LogP contribution < -0.4 is 0 Å². The molecule has 15 heteroatoms. The van der Waals surface area contributed by atoms with Gasteiger partial charge < -0.3 is 32.8 Å². The van der Waals surface area contributed by atoms with Crippen LogP contribution in [-0.2, 0) is 70.1 Å². The van der Waals surface area contributed by atoms with E-state index in [0.717, 1.165) is 0 Å². The van der Waals surface area contributed by atoms with Gasteiger partial charge in [-0.05, 0) is 51.3 Å². The van der Waals surface area contributed by atoms with Gasteiger partial charge in [-0.25, -0.2) is 8.88 Å². The van der Waals surface area contributed by atoms with Crippen LogP contribution in [0.2, 0.25) is 0 Å². The van der Waals surface area contributed by atoms with Crippen LogP contribution in [-0.4, -0.2) is 41.1 Å². The summed E-state index contributed by atoms with van der Waals surface area (Å²) in [7, 11) is -4.64. The van der Waals surface area contributed by atoms with Gasteiger partial charge in [-0.3, -0.25) is 0 Å². The molecule has 0 atom stereocenters. The minimum Gasteiger partial charge on any atom is -0.309 e. The van der Waals surface area contributed by atoms with Crippen LogP contribution in [0.1, 0.15) is 27.7 Å². The normalized spacial score (nSPS) is 12.1. The third-order valence-electron chi connectivity index (χ3n) is 1.35. The summed E-state index contributed by atoms with van der Waals surface area (Å²) >= 11 is 10.4. The molecule has 0 amide bonds. The number of hydrogen-bond acceptors (Lipinski definition) is 8. The monoisotopic (exact) mass is 484 g/mol. The van der Waals surface area contributed by atoms with Crippen LogP contribution in [0.4, 0.5) is 0 Å². The minimum absolute atomic E-state index is 0. The Balaban J connectivity index is -0.000000578. The van der Waals surface area contributed by atoms with Gasteiger partial charge in [-0.15, -0.1) is 0 Å². The van der Waals surface area contributed by atoms with Crippen LogP contribution in [0, 0.1) is 0 Å². The maximum absolute atomic E-state index is 8.88. The summed E-state index contributed by atoms with van der Waals surface area (Å²) in [5, 5.41) is 0. The van der Waals surface area contributed by atoms with E-state index >= 15 is 0 Å². The molecule has 0 bridgehead atoms. The first kappa shape index (κ1) is 29.6. The van der Waals surface area contributed by atoms with Crippen molar-refractivity contribution >= 4 is 44.9 Å². The number of phosphoric acid groups is 1.